The maximum Gasteiger partial charge on any atom is 0.374 e. The lowest BCUT2D eigenvalue weighted by atomic mass is 10.2. The van der Waals surface area contributed by atoms with Crippen LogP contribution in [0.4, 0.5) is 5.69 Å². The first-order chi connectivity index (χ1) is 11.4. The van der Waals surface area contributed by atoms with E-state index in [1.54, 1.807) is 24.3 Å². The number of sulfonamides is 1. The predicted molar refractivity (Wildman–Crippen MR) is 86.0 cm³/mol. The van der Waals surface area contributed by atoms with E-state index in [0.29, 0.717) is 5.69 Å². The highest BCUT2D eigenvalue weighted by Gasteiger charge is 2.29. The molecule has 0 unspecified atom stereocenters. The summed E-state index contributed by atoms with van der Waals surface area (Å²) in [6, 6.07) is 11.2. The first-order valence-corrected chi connectivity index (χ1v) is 8.48. The molecular weight excluding hydrogens is 332 g/mol. The number of esters is 1. The van der Waals surface area contributed by atoms with Gasteiger partial charge in [-0.3, -0.25) is 4.31 Å². The summed E-state index contributed by atoms with van der Waals surface area (Å²) in [6.45, 7) is 1.85. The van der Waals surface area contributed by atoms with Crippen molar-refractivity contribution in [2.75, 3.05) is 18.0 Å². The van der Waals surface area contributed by atoms with E-state index in [2.05, 4.69) is 4.74 Å². The molecule has 0 N–H and O–H groups in total. The van der Waals surface area contributed by atoms with Crippen molar-refractivity contribution >= 4 is 21.7 Å². The Labute approximate surface area is 140 Å². The normalized spacial score (nSPS) is 10.9. The van der Waals surface area contributed by atoms with Crippen molar-refractivity contribution in [3.63, 3.8) is 0 Å². The second kappa shape index (κ2) is 7.19. The van der Waals surface area contributed by atoms with Crippen LogP contribution in [0, 0.1) is 18.3 Å². The topological polar surface area (TPSA) is 101 Å². The van der Waals surface area contributed by atoms with E-state index >= 15 is 0 Å². The van der Waals surface area contributed by atoms with E-state index in [1.165, 1.54) is 19.2 Å². The van der Waals surface area contributed by atoms with Crippen LogP contribution in [0.5, 0.6) is 0 Å². The molecule has 0 aliphatic carbocycles. The van der Waals surface area contributed by atoms with Crippen LogP contribution in [0.3, 0.4) is 0 Å². The van der Waals surface area contributed by atoms with E-state index in [0.717, 1.165) is 9.87 Å². The molecule has 0 spiro atoms. The van der Waals surface area contributed by atoms with Crippen LogP contribution >= 0.6 is 0 Å². The average Bonchev–Trinajstić information content (AvgIpc) is 3.07. The summed E-state index contributed by atoms with van der Waals surface area (Å²) in [5.41, 5.74) is 1.38. The number of carbonyl (C=O) groups is 1. The van der Waals surface area contributed by atoms with Gasteiger partial charge in [-0.1, -0.05) is 17.7 Å². The Hall–Kier alpha value is -2.79. The van der Waals surface area contributed by atoms with Gasteiger partial charge in [0, 0.05) is 6.54 Å². The van der Waals surface area contributed by atoms with Gasteiger partial charge in [0.05, 0.1) is 25.3 Å². The van der Waals surface area contributed by atoms with E-state index < -0.39 is 16.0 Å². The van der Waals surface area contributed by atoms with Gasteiger partial charge in [0.25, 0.3) is 10.0 Å². The number of hydrogen-bond acceptors (Lipinski definition) is 6. The number of hydrogen-bond donors (Lipinski definition) is 0. The van der Waals surface area contributed by atoms with E-state index in [9.17, 15) is 13.2 Å². The van der Waals surface area contributed by atoms with E-state index in [-0.39, 0.29) is 23.8 Å². The average molecular weight is 348 g/mol. The largest absolute Gasteiger partial charge is 0.463 e. The number of furan rings is 1. The van der Waals surface area contributed by atoms with Gasteiger partial charge >= 0.3 is 5.97 Å². The first kappa shape index (κ1) is 17.6. The second-order valence-corrected chi connectivity index (χ2v) is 6.72. The minimum Gasteiger partial charge on any atom is -0.463 e. The smallest absolute Gasteiger partial charge is 0.374 e. The molecule has 2 aromatic rings. The van der Waals surface area contributed by atoms with Crippen LogP contribution in [0.15, 0.2) is 45.9 Å². The van der Waals surface area contributed by atoms with Crippen LogP contribution < -0.4 is 4.31 Å². The molecule has 0 amide bonds. The van der Waals surface area contributed by atoms with Crippen molar-refractivity contribution in [1.82, 2.24) is 0 Å². The number of nitriles is 1. The van der Waals surface area contributed by atoms with Crippen molar-refractivity contribution < 1.29 is 22.4 Å². The zero-order valence-electron chi connectivity index (χ0n) is 13.2. The van der Waals surface area contributed by atoms with Crippen molar-refractivity contribution in [3.8, 4) is 6.07 Å². The van der Waals surface area contributed by atoms with Crippen LogP contribution in [-0.4, -0.2) is 28.0 Å². The summed E-state index contributed by atoms with van der Waals surface area (Å²) in [4.78, 5) is 11.4. The zero-order chi connectivity index (χ0) is 17.7. The molecule has 24 heavy (non-hydrogen) atoms. The summed E-state index contributed by atoms with van der Waals surface area (Å²) >= 11 is 0. The third-order valence-electron chi connectivity index (χ3n) is 3.26. The van der Waals surface area contributed by atoms with Gasteiger partial charge in [-0.25, -0.2) is 4.79 Å². The fourth-order valence-corrected chi connectivity index (χ4v) is 3.41. The van der Waals surface area contributed by atoms with E-state index in [1.807, 2.05) is 13.0 Å². The van der Waals surface area contributed by atoms with Crippen LogP contribution in [0.1, 0.15) is 22.5 Å². The number of anilines is 1. The quantitative estimate of drug-likeness (QED) is 0.743. The lowest BCUT2D eigenvalue weighted by Gasteiger charge is -2.22. The Balaban J connectivity index is 2.43. The predicted octanol–water partition coefficient (Wildman–Crippen LogP) is 2.48. The van der Waals surface area contributed by atoms with Crippen molar-refractivity contribution in [1.29, 1.82) is 5.26 Å². The van der Waals surface area contributed by atoms with Crippen LogP contribution in [0.2, 0.25) is 0 Å². The minimum atomic E-state index is -4.05. The maximum atomic E-state index is 12.8. The molecule has 2 rings (SSSR count). The SMILES string of the molecule is COC(=O)c1ccc(S(=O)(=O)N(CCC#N)c2ccc(C)cc2)o1. The van der Waals surface area contributed by atoms with Gasteiger partial charge in [-0.15, -0.1) is 0 Å². The van der Waals surface area contributed by atoms with Gasteiger partial charge in [0.1, 0.15) is 0 Å². The first-order valence-electron chi connectivity index (χ1n) is 7.04. The fourth-order valence-electron chi connectivity index (χ4n) is 2.03. The molecule has 0 saturated heterocycles. The Bertz CT molecular complexity index is 863. The summed E-state index contributed by atoms with van der Waals surface area (Å²) < 4.78 is 36.3. The Morgan fingerprint density at radius 1 is 1.25 bits per heavy atom. The zero-order valence-corrected chi connectivity index (χ0v) is 14.0. The highest BCUT2D eigenvalue weighted by Crippen LogP contribution is 2.26. The summed E-state index contributed by atoms with van der Waals surface area (Å²) in [7, 11) is -2.88. The van der Waals surface area contributed by atoms with E-state index in [4.69, 9.17) is 9.68 Å². The molecule has 1 aromatic heterocycles. The maximum absolute atomic E-state index is 12.8. The lowest BCUT2D eigenvalue weighted by Crippen LogP contribution is -2.31. The van der Waals surface area contributed by atoms with Crippen molar-refractivity contribution in [2.45, 2.75) is 18.4 Å². The highest BCUT2D eigenvalue weighted by molar-refractivity contribution is 7.92. The molecule has 0 radical (unpaired) electrons. The standard InChI is InChI=1S/C16H16N2O5S/c1-12-4-6-13(7-5-12)18(11-3-10-17)24(20,21)15-9-8-14(23-15)16(19)22-2/h4-9H,3,11H2,1-2H3. The highest BCUT2D eigenvalue weighted by atomic mass is 32.2. The monoisotopic (exact) mass is 348 g/mol. The third kappa shape index (κ3) is 3.58. The van der Waals surface area contributed by atoms with Gasteiger partial charge in [-0.05, 0) is 31.2 Å². The number of nitrogens with zero attached hydrogens (tertiary/aromatic N) is 2. The Morgan fingerprint density at radius 3 is 2.50 bits per heavy atom. The van der Waals surface area contributed by atoms with Crippen LogP contribution in [-0.2, 0) is 14.8 Å². The molecule has 7 nitrogen and oxygen atoms in total. The minimum absolute atomic E-state index is 0.0116. The molecular formula is C16H16N2O5S. The number of carbonyl (C=O) groups excluding carboxylic acids is 1. The lowest BCUT2D eigenvalue weighted by molar-refractivity contribution is 0.0559. The number of ether oxygens (including phenoxy) is 1. The van der Waals surface area contributed by atoms with Gasteiger partial charge < -0.3 is 9.15 Å². The Morgan fingerprint density at radius 2 is 1.92 bits per heavy atom. The molecule has 0 aliphatic rings. The second-order valence-electron chi connectivity index (χ2n) is 4.93. The van der Waals surface area contributed by atoms with Gasteiger partial charge in [0.15, 0.2) is 0 Å². The molecule has 0 fully saturated rings. The number of methoxy groups -OCH3 is 1. The number of rotatable bonds is 6. The molecule has 8 heteroatoms. The van der Waals surface area contributed by atoms with Gasteiger partial charge in [-0.2, -0.15) is 13.7 Å². The molecule has 1 aromatic carbocycles. The summed E-state index contributed by atoms with van der Waals surface area (Å²) in [5, 5.41) is 8.41. The van der Waals surface area contributed by atoms with Crippen molar-refractivity contribution in [2.24, 2.45) is 0 Å². The molecule has 0 saturated carbocycles. The molecule has 126 valence electrons. The summed E-state index contributed by atoms with van der Waals surface area (Å²) in [5.74, 6) is -0.976. The Kier molecular flexibility index (Phi) is 5.26. The fraction of sp³-hybridized carbons (Fsp3) is 0.250. The molecule has 0 atom stereocenters. The molecule has 0 aliphatic heterocycles. The number of aryl methyl sites for hydroxylation is 1. The third-order valence-corrected chi connectivity index (χ3v) is 4.96. The molecule has 0 bridgehead atoms. The summed E-state index contributed by atoms with van der Waals surface area (Å²) in [6.07, 6.45) is 0.0116. The van der Waals surface area contributed by atoms with Crippen LogP contribution in [0.25, 0.3) is 0 Å². The number of benzene rings is 1. The van der Waals surface area contributed by atoms with Gasteiger partial charge in [0.2, 0.25) is 10.9 Å². The van der Waals surface area contributed by atoms with Crippen molar-refractivity contribution in [3.05, 3.63) is 47.7 Å². The molecule has 1 heterocycles.